The molecule has 3 rings (SSSR count). The Kier molecular flexibility index (Phi) is 5.05. The van der Waals surface area contributed by atoms with Crippen LogP contribution < -0.4 is 10.9 Å². The molecule has 0 radical (unpaired) electrons. The monoisotopic (exact) mass is 323 g/mol. The number of hydrogen-bond donors (Lipinski definition) is 2. The molecule has 0 aliphatic carbocycles. The van der Waals surface area contributed by atoms with Gasteiger partial charge >= 0.3 is 0 Å². The van der Waals surface area contributed by atoms with E-state index in [-0.39, 0.29) is 35.5 Å². The van der Waals surface area contributed by atoms with Gasteiger partial charge in [-0.05, 0) is 31.2 Å². The highest BCUT2D eigenvalue weighted by Crippen LogP contribution is 2.16. The van der Waals surface area contributed by atoms with E-state index in [0.717, 1.165) is 13.1 Å². The fourth-order valence-corrected chi connectivity index (χ4v) is 2.52. The quantitative estimate of drug-likeness (QED) is 0.877. The predicted molar refractivity (Wildman–Crippen MR) is 85.4 cm³/mol. The van der Waals surface area contributed by atoms with Gasteiger partial charge in [0.15, 0.2) is 0 Å². The van der Waals surface area contributed by atoms with E-state index in [9.17, 15) is 9.59 Å². The summed E-state index contributed by atoms with van der Waals surface area (Å²) in [6, 6.07) is 6.84. The second-order valence-electron chi connectivity index (χ2n) is 5.14. The number of carbonyl (C=O) groups excluding carboxylic acids is 1. The molecule has 3 heterocycles. The lowest BCUT2D eigenvalue weighted by atomic mass is 10.1. The lowest BCUT2D eigenvalue weighted by Gasteiger charge is -2.33. The number of carbonyl (C=O) groups is 1. The van der Waals surface area contributed by atoms with Gasteiger partial charge in [-0.25, -0.2) is 0 Å². The van der Waals surface area contributed by atoms with Gasteiger partial charge in [-0.2, -0.15) is 0 Å². The molecule has 6 nitrogen and oxygen atoms in total. The highest BCUT2D eigenvalue weighted by atomic mass is 35.5. The van der Waals surface area contributed by atoms with E-state index in [4.69, 9.17) is 4.42 Å². The number of pyridine rings is 1. The molecule has 22 heavy (non-hydrogen) atoms. The maximum absolute atomic E-state index is 12.5. The van der Waals surface area contributed by atoms with Crippen LogP contribution in [0.5, 0.6) is 0 Å². The number of H-pyrrole nitrogens is 1. The fraction of sp³-hybridized carbons (Fsp3) is 0.333. The van der Waals surface area contributed by atoms with E-state index < -0.39 is 0 Å². The molecule has 1 amide bonds. The highest BCUT2D eigenvalue weighted by molar-refractivity contribution is 5.94. The van der Waals surface area contributed by atoms with Crippen LogP contribution in [0, 0.1) is 0 Å². The molecule has 2 aromatic rings. The smallest absolute Gasteiger partial charge is 0.261 e. The Morgan fingerprint density at radius 2 is 2.18 bits per heavy atom. The Balaban J connectivity index is 0.00000176. The zero-order chi connectivity index (χ0) is 14.8. The summed E-state index contributed by atoms with van der Waals surface area (Å²) < 4.78 is 5.23. The second kappa shape index (κ2) is 6.81. The zero-order valence-electron chi connectivity index (χ0n) is 12.2. The molecule has 1 saturated heterocycles. The normalized spacial score (nSPS) is 17.9. The van der Waals surface area contributed by atoms with Crippen molar-refractivity contribution < 1.29 is 9.21 Å². The Hall–Kier alpha value is -2.05. The van der Waals surface area contributed by atoms with Crippen molar-refractivity contribution in [2.45, 2.75) is 13.0 Å². The van der Waals surface area contributed by atoms with E-state index in [2.05, 4.69) is 10.3 Å². The maximum atomic E-state index is 12.5. The molecule has 1 fully saturated rings. The number of halogens is 1. The van der Waals surface area contributed by atoms with Crippen molar-refractivity contribution in [1.82, 2.24) is 15.2 Å². The fourth-order valence-electron chi connectivity index (χ4n) is 2.52. The molecule has 1 aliphatic rings. The number of nitrogens with zero attached hydrogens (tertiary/aromatic N) is 1. The SMILES string of the molecule is C[C@@H]1CNCCN1C(=O)c1ccc(-c2ccco2)[nH]c1=O.Cl. The number of furan rings is 1. The van der Waals surface area contributed by atoms with Crippen LogP contribution in [0.4, 0.5) is 0 Å². The molecule has 0 aromatic carbocycles. The first-order chi connectivity index (χ1) is 10.2. The average molecular weight is 324 g/mol. The third kappa shape index (κ3) is 3.08. The van der Waals surface area contributed by atoms with Crippen LogP contribution in [0.3, 0.4) is 0 Å². The second-order valence-corrected chi connectivity index (χ2v) is 5.14. The molecule has 0 unspecified atom stereocenters. The Morgan fingerprint density at radius 3 is 2.82 bits per heavy atom. The lowest BCUT2D eigenvalue weighted by molar-refractivity contribution is 0.0654. The van der Waals surface area contributed by atoms with Gasteiger partial charge in [-0.1, -0.05) is 0 Å². The van der Waals surface area contributed by atoms with Crippen LogP contribution in [0.15, 0.2) is 39.7 Å². The summed E-state index contributed by atoms with van der Waals surface area (Å²) in [7, 11) is 0. The van der Waals surface area contributed by atoms with Crippen molar-refractivity contribution in [1.29, 1.82) is 0 Å². The average Bonchev–Trinajstić information content (AvgIpc) is 3.01. The third-order valence-corrected chi connectivity index (χ3v) is 3.69. The van der Waals surface area contributed by atoms with Gasteiger partial charge in [0, 0.05) is 25.7 Å². The Bertz CT molecular complexity index is 696. The number of piperazine rings is 1. The van der Waals surface area contributed by atoms with Crippen LogP contribution in [-0.2, 0) is 0 Å². The summed E-state index contributed by atoms with van der Waals surface area (Å²) in [5.74, 6) is 0.345. The molecule has 2 N–H and O–H groups in total. The summed E-state index contributed by atoms with van der Waals surface area (Å²) in [6.07, 6.45) is 1.54. The van der Waals surface area contributed by atoms with Gasteiger partial charge < -0.3 is 19.6 Å². The van der Waals surface area contributed by atoms with Gasteiger partial charge in [-0.3, -0.25) is 9.59 Å². The number of hydrogen-bond acceptors (Lipinski definition) is 4. The van der Waals surface area contributed by atoms with E-state index in [1.807, 2.05) is 6.92 Å². The first kappa shape index (κ1) is 16.3. The predicted octanol–water partition coefficient (Wildman–Crippen LogP) is 1.49. The first-order valence-electron chi connectivity index (χ1n) is 6.95. The number of amides is 1. The Labute approximate surface area is 133 Å². The van der Waals surface area contributed by atoms with E-state index in [0.29, 0.717) is 18.0 Å². The van der Waals surface area contributed by atoms with Gasteiger partial charge in [0.25, 0.3) is 11.5 Å². The van der Waals surface area contributed by atoms with Gasteiger partial charge in [0.05, 0.1) is 12.0 Å². The van der Waals surface area contributed by atoms with Crippen LogP contribution in [-0.4, -0.2) is 41.5 Å². The molecule has 0 saturated carbocycles. The molecule has 7 heteroatoms. The number of nitrogens with one attached hydrogen (secondary N) is 2. The highest BCUT2D eigenvalue weighted by Gasteiger charge is 2.25. The van der Waals surface area contributed by atoms with Gasteiger partial charge in [0.1, 0.15) is 11.3 Å². The molecule has 118 valence electrons. The summed E-state index contributed by atoms with van der Waals surface area (Å²) in [4.78, 5) is 29.1. The largest absolute Gasteiger partial charge is 0.463 e. The molecule has 1 atom stereocenters. The topological polar surface area (TPSA) is 78.3 Å². The molecule has 0 spiro atoms. The standard InChI is InChI=1S/C15H17N3O3.ClH/c1-10-9-16-6-7-18(10)15(20)11-4-5-12(17-14(11)19)13-3-2-8-21-13;/h2-5,8,10,16H,6-7,9H2,1H3,(H,17,19);1H/t10-;/m1./s1. The molecule has 0 bridgehead atoms. The Morgan fingerprint density at radius 1 is 1.36 bits per heavy atom. The van der Waals surface area contributed by atoms with Crippen LogP contribution in [0.1, 0.15) is 17.3 Å². The van der Waals surface area contributed by atoms with Crippen molar-refractivity contribution in [2.75, 3.05) is 19.6 Å². The van der Waals surface area contributed by atoms with Crippen LogP contribution in [0.2, 0.25) is 0 Å². The molecule has 1 aliphatic heterocycles. The number of aromatic nitrogens is 1. The minimum absolute atomic E-state index is 0. The summed E-state index contributed by atoms with van der Waals surface area (Å²) in [5.41, 5.74) is 0.341. The van der Waals surface area contributed by atoms with Gasteiger partial charge in [0.2, 0.25) is 0 Å². The van der Waals surface area contributed by atoms with Gasteiger partial charge in [-0.15, -0.1) is 12.4 Å². The van der Waals surface area contributed by atoms with E-state index >= 15 is 0 Å². The summed E-state index contributed by atoms with van der Waals surface area (Å²) in [6.45, 7) is 4.07. The number of aromatic amines is 1. The van der Waals surface area contributed by atoms with Crippen molar-refractivity contribution in [3.05, 3.63) is 46.4 Å². The van der Waals surface area contributed by atoms with Crippen molar-refractivity contribution in [2.24, 2.45) is 0 Å². The minimum Gasteiger partial charge on any atom is -0.463 e. The molecule has 2 aromatic heterocycles. The minimum atomic E-state index is -0.389. The molecular weight excluding hydrogens is 306 g/mol. The lowest BCUT2D eigenvalue weighted by Crippen LogP contribution is -2.53. The van der Waals surface area contributed by atoms with E-state index in [1.165, 1.54) is 6.26 Å². The van der Waals surface area contributed by atoms with E-state index in [1.54, 1.807) is 29.2 Å². The van der Waals surface area contributed by atoms with Crippen molar-refractivity contribution >= 4 is 18.3 Å². The number of rotatable bonds is 2. The van der Waals surface area contributed by atoms with Crippen LogP contribution >= 0.6 is 12.4 Å². The van der Waals surface area contributed by atoms with Crippen molar-refractivity contribution in [3.8, 4) is 11.5 Å². The summed E-state index contributed by atoms with van der Waals surface area (Å²) >= 11 is 0. The van der Waals surface area contributed by atoms with Crippen molar-refractivity contribution in [3.63, 3.8) is 0 Å². The third-order valence-electron chi connectivity index (χ3n) is 3.69. The maximum Gasteiger partial charge on any atom is 0.261 e. The van der Waals surface area contributed by atoms with Crippen LogP contribution in [0.25, 0.3) is 11.5 Å². The first-order valence-corrected chi connectivity index (χ1v) is 6.95. The summed E-state index contributed by atoms with van der Waals surface area (Å²) in [5, 5.41) is 3.22. The zero-order valence-corrected chi connectivity index (χ0v) is 13.0. The molecular formula is C15H18ClN3O3.